The van der Waals surface area contributed by atoms with E-state index in [1.807, 2.05) is 23.7 Å². The van der Waals surface area contributed by atoms with Crippen molar-refractivity contribution < 1.29 is 4.79 Å². The molecule has 0 N–H and O–H groups in total. The average Bonchev–Trinajstić information content (AvgIpc) is 2.62. The highest BCUT2D eigenvalue weighted by Gasteiger charge is 2.31. The van der Waals surface area contributed by atoms with Crippen LogP contribution in [0.2, 0.25) is 0 Å². The predicted molar refractivity (Wildman–Crippen MR) is 57.9 cm³/mol. The Kier molecular flexibility index (Phi) is 3.85. The minimum atomic E-state index is 0.0472. The molecule has 2 nitrogen and oxygen atoms in total. The number of likely N-dealkylation sites (N-methyl/N-ethyl adjacent to an activating group) is 1. The molecule has 0 aromatic rings. The van der Waals surface area contributed by atoms with Crippen LogP contribution in [0.4, 0.5) is 0 Å². The van der Waals surface area contributed by atoms with E-state index in [9.17, 15) is 4.79 Å². The number of hydrogen-bond acceptors (Lipinski definition) is 2. The van der Waals surface area contributed by atoms with Gasteiger partial charge >= 0.3 is 0 Å². The predicted octanol–water partition coefficient (Wildman–Crippen LogP) is 1.91. The zero-order valence-electron chi connectivity index (χ0n) is 8.32. The summed E-state index contributed by atoms with van der Waals surface area (Å²) in [6.07, 6.45) is 7.14. The quantitative estimate of drug-likeness (QED) is 0.647. The van der Waals surface area contributed by atoms with Crippen molar-refractivity contribution >= 4 is 17.7 Å². The van der Waals surface area contributed by atoms with Crippen molar-refractivity contribution in [3.05, 3.63) is 12.7 Å². The summed E-state index contributed by atoms with van der Waals surface area (Å²) in [6.45, 7) is 3.51. The van der Waals surface area contributed by atoms with Crippen LogP contribution in [0.3, 0.4) is 0 Å². The van der Waals surface area contributed by atoms with Crippen LogP contribution in [0.5, 0.6) is 0 Å². The summed E-state index contributed by atoms with van der Waals surface area (Å²) in [4.78, 5) is 13.2. The van der Waals surface area contributed by atoms with Crippen LogP contribution >= 0.6 is 11.8 Å². The van der Waals surface area contributed by atoms with Gasteiger partial charge in [-0.05, 0) is 25.2 Å². The Morgan fingerprint density at radius 1 is 1.62 bits per heavy atom. The van der Waals surface area contributed by atoms with Crippen LogP contribution in [0.15, 0.2) is 12.7 Å². The van der Waals surface area contributed by atoms with E-state index in [2.05, 4.69) is 12.8 Å². The van der Waals surface area contributed by atoms with Gasteiger partial charge in [-0.1, -0.05) is 13.0 Å². The van der Waals surface area contributed by atoms with E-state index in [1.165, 1.54) is 18.9 Å². The third-order valence-corrected chi connectivity index (χ3v) is 3.90. The summed E-state index contributed by atoms with van der Waals surface area (Å²) in [6, 6.07) is 0.417. The number of nitrogens with zero attached hydrogens (tertiary/aromatic N) is 1. The van der Waals surface area contributed by atoms with Crippen molar-refractivity contribution in [3.63, 3.8) is 0 Å². The summed E-state index contributed by atoms with van der Waals surface area (Å²) in [5.41, 5.74) is 0. The molecule has 0 heterocycles. The van der Waals surface area contributed by atoms with E-state index in [0.29, 0.717) is 11.3 Å². The molecule has 1 aliphatic carbocycles. The third kappa shape index (κ3) is 2.27. The summed E-state index contributed by atoms with van der Waals surface area (Å²) in [5.74, 6) is 0.0472. The molecule has 0 saturated heterocycles. The summed E-state index contributed by atoms with van der Waals surface area (Å²) >= 11 is 1.87. The smallest absolute Gasteiger partial charge is 0.245 e. The molecule has 2 unspecified atom stereocenters. The van der Waals surface area contributed by atoms with Crippen molar-refractivity contribution in [2.45, 2.75) is 30.6 Å². The standard InChI is InChI=1S/C10H17NOS/c1-4-10(12)11(2)8-6-5-7-9(8)13-3/h4,8-9H,1,5-7H2,2-3H3. The first-order valence-electron chi connectivity index (χ1n) is 4.62. The molecule has 74 valence electrons. The lowest BCUT2D eigenvalue weighted by Gasteiger charge is -2.27. The summed E-state index contributed by atoms with van der Waals surface area (Å²) in [5, 5.41) is 0.619. The Bertz CT molecular complexity index is 205. The van der Waals surface area contributed by atoms with Crippen molar-refractivity contribution in [2.75, 3.05) is 13.3 Å². The van der Waals surface area contributed by atoms with Gasteiger partial charge < -0.3 is 4.90 Å². The van der Waals surface area contributed by atoms with Crippen molar-refractivity contribution in [1.29, 1.82) is 0 Å². The lowest BCUT2D eigenvalue weighted by atomic mass is 10.2. The maximum Gasteiger partial charge on any atom is 0.245 e. The summed E-state index contributed by atoms with van der Waals surface area (Å²) in [7, 11) is 1.88. The molecule has 0 aromatic carbocycles. The van der Waals surface area contributed by atoms with E-state index in [4.69, 9.17) is 0 Å². The molecule has 1 aliphatic rings. The highest BCUT2D eigenvalue weighted by molar-refractivity contribution is 7.99. The molecule has 3 heteroatoms. The molecular formula is C10H17NOS. The molecule has 1 saturated carbocycles. The Labute approximate surface area is 84.4 Å². The zero-order valence-corrected chi connectivity index (χ0v) is 9.14. The van der Waals surface area contributed by atoms with Crippen molar-refractivity contribution in [2.24, 2.45) is 0 Å². The first-order chi connectivity index (χ1) is 6.20. The highest BCUT2D eigenvalue weighted by atomic mass is 32.2. The van der Waals surface area contributed by atoms with Gasteiger partial charge in [-0.3, -0.25) is 4.79 Å². The van der Waals surface area contributed by atoms with Crippen LogP contribution in [0.1, 0.15) is 19.3 Å². The van der Waals surface area contributed by atoms with Crippen LogP contribution in [0.25, 0.3) is 0 Å². The molecule has 0 bridgehead atoms. The van der Waals surface area contributed by atoms with Gasteiger partial charge in [0.1, 0.15) is 0 Å². The minimum absolute atomic E-state index is 0.0472. The number of rotatable bonds is 3. The SMILES string of the molecule is C=CC(=O)N(C)C1CCCC1SC. The number of amides is 1. The van der Waals surface area contributed by atoms with Gasteiger partial charge in [-0.25, -0.2) is 0 Å². The fourth-order valence-corrected chi connectivity index (χ4v) is 2.97. The number of carbonyl (C=O) groups excluding carboxylic acids is 1. The average molecular weight is 199 g/mol. The normalized spacial score (nSPS) is 27.2. The Morgan fingerprint density at radius 3 is 2.85 bits per heavy atom. The van der Waals surface area contributed by atoms with Gasteiger partial charge in [-0.2, -0.15) is 11.8 Å². The fraction of sp³-hybridized carbons (Fsp3) is 0.700. The van der Waals surface area contributed by atoms with E-state index in [1.54, 1.807) is 0 Å². The van der Waals surface area contributed by atoms with Gasteiger partial charge in [0.05, 0.1) is 0 Å². The number of carbonyl (C=O) groups is 1. The van der Waals surface area contributed by atoms with Crippen LogP contribution in [-0.4, -0.2) is 35.4 Å². The minimum Gasteiger partial charge on any atom is -0.338 e. The monoisotopic (exact) mass is 199 g/mol. The zero-order chi connectivity index (χ0) is 9.84. The number of hydrogen-bond donors (Lipinski definition) is 0. The molecule has 13 heavy (non-hydrogen) atoms. The van der Waals surface area contributed by atoms with Crippen LogP contribution < -0.4 is 0 Å². The summed E-state index contributed by atoms with van der Waals surface area (Å²) < 4.78 is 0. The van der Waals surface area contributed by atoms with Gasteiger partial charge in [0.25, 0.3) is 0 Å². The molecular weight excluding hydrogens is 182 g/mol. The largest absolute Gasteiger partial charge is 0.338 e. The topological polar surface area (TPSA) is 20.3 Å². The fourth-order valence-electron chi connectivity index (χ4n) is 1.93. The Morgan fingerprint density at radius 2 is 2.31 bits per heavy atom. The lowest BCUT2D eigenvalue weighted by molar-refractivity contribution is -0.126. The first-order valence-corrected chi connectivity index (χ1v) is 5.91. The maximum atomic E-state index is 11.4. The first kappa shape index (κ1) is 10.6. The third-order valence-electron chi connectivity index (χ3n) is 2.74. The van der Waals surface area contributed by atoms with Crippen molar-refractivity contribution in [3.8, 4) is 0 Å². The van der Waals surface area contributed by atoms with E-state index >= 15 is 0 Å². The molecule has 0 aromatic heterocycles. The van der Waals surface area contributed by atoms with E-state index in [0.717, 1.165) is 6.42 Å². The van der Waals surface area contributed by atoms with Crippen molar-refractivity contribution in [1.82, 2.24) is 4.90 Å². The molecule has 2 atom stereocenters. The molecule has 1 fully saturated rings. The molecule has 0 radical (unpaired) electrons. The van der Waals surface area contributed by atoms with Gasteiger partial charge in [0.2, 0.25) is 5.91 Å². The second-order valence-corrected chi connectivity index (χ2v) is 4.50. The second kappa shape index (κ2) is 4.70. The Hall–Kier alpha value is -0.440. The van der Waals surface area contributed by atoms with Crippen LogP contribution in [-0.2, 0) is 4.79 Å². The van der Waals surface area contributed by atoms with E-state index in [-0.39, 0.29) is 5.91 Å². The highest BCUT2D eigenvalue weighted by Crippen LogP contribution is 2.31. The Balaban J connectivity index is 2.59. The lowest BCUT2D eigenvalue weighted by Crippen LogP contribution is -2.39. The van der Waals surface area contributed by atoms with Gasteiger partial charge in [0.15, 0.2) is 0 Å². The van der Waals surface area contributed by atoms with E-state index < -0.39 is 0 Å². The molecule has 1 amide bonds. The molecule has 1 rings (SSSR count). The van der Waals surface area contributed by atoms with Gasteiger partial charge in [-0.15, -0.1) is 0 Å². The van der Waals surface area contributed by atoms with Crippen LogP contribution in [0, 0.1) is 0 Å². The molecule has 0 aliphatic heterocycles. The molecule has 0 spiro atoms. The van der Waals surface area contributed by atoms with Gasteiger partial charge in [0, 0.05) is 18.3 Å². The maximum absolute atomic E-state index is 11.4. The second-order valence-electron chi connectivity index (χ2n) is 3.43. The number of thioether (sulfide) groups is 1.